The summed E-state index contributed by atoms with van der Waals surface area (Å²) in [6.45, 7) is 6.61. The molecule has 2 rings (SSSR count). The number of hydrogen-bond acceptors (Lipinski definition) is 4. The van der Waals surface area contributed by atoms with Gasteiger partial charge in [0.1, 0.15) is 5.60 Å². The van der Waals surface area contributed by atoms with E-state index in [-0.39, 0.29) is 0 Å². The summed E-state index contributed by atoms with van der Waals surface area (Å²) in [5, 5.41) is 12.8. The van der Waals surface area contributed by atoms with Crippen molar-refractivity contribution in [3.05, 3.63) is 47.8 Å². The molecule has 0 atom stereocenters. The molecule has 0 radical (unpaired) electrons. The number of anilines is 1. The van der Waals surface area contributed by atoms with Crippen LogP contribution < -0.4 is 10.6 Å². The summed E-state index contributed by atoms with van der Waals surface area (Å²) < 4.78 is 5.21. The predicted octanol–water partition coefficient (Wildman–Crippen LogP) is 3.05. The molecule has 0 aliphatic heterocycles. The van der Waals surface area contributed by atoms with Crippen LogP contribution in [-0.4, -0.2) is 21.9 Å². The van der Waals surface area contributed by atoms with Crippen LogP contribution in [0, 0.1) is 0 Å². The predicted molar refractivity (Wildman–Crippen MR) is 85.4 cm³/mol. The molecule has 1 amide bonds. The Morgan fingerprint density at radius 1 is 1.27 bits per heavy atom. The fraction of sp³-hybridized carbons (Fsp3) is 0.375. The number of H-pyrrole nitrogens is 1. The number of hydrogen-bond donors (Lipinski definition) is 3. The molecule has 6 nitrogen and oxygen atoms in total. The standard InChI is InChI=1S/C16H22N4O2/c1-16(2,3)22-15(21)18-10-12-5-4-6-13(9-12)17-11-14-7-8-19-20-14/h4-9,17H,10-11H2,1-3H3,(H,18,21)(H,19,20). The molecule has 1 aromatic heterocycles. The Morgan fingerprint density at radius 2 is 2.09 bits per heavy atom. The third-order valence-electron chi connectivity index (χ3n) is 2.80. The van der Waals surface area contributed by atoms with Crippen molar-refractivity contribution in [1.82, 2.24) is 15.5 Å². The van der Waals surface area contributed by atoms with E-state index in [0.29, 0.717) is 13.1 Å². The summed E-state index contributed by atoms with van der Waals surface area (Å²) in [5.74, 6) is 0. The summed E-state index contributed by atoms with van der Waals surface area (Å²) in [6.07, 6.45) is 1.31. The molecule has 22 heavy (non-hydrogen) atoms. The van der Waals surface area contributed by atoms with Gasteiger partial charge in [-0.2, -0.15) is 5.10 Å². The van der Waals surface area contributed by atoms with E-state index in [2.05, 4.69) is 20.8 Å². The number of aromatic amines is 1. The van der Waals surface area contributed by atoms with Crippen LogP contribution >= 0.6 is 0 Å². The van der Waals surface area contributed by atoms with Crippen molar-refractivity contribution < 1.29 is 9.53 Å². The number of aromatic nitrogens is 2. The van der Waals surface area contributed by atoms with Gasteiger partial charge in [-0.1, -0.05) is 12.1 Å². The van der Waals surface area contributed by atoms with Crippen molar-refractivity contribution in [2.75, 3.05) is 5.32 Å². The summed E-state index contributed by atoms with van der Waals surface area (Å²) in [7, 11) is 0. The van der Waals surface area contributed by atoms with Crippen molar-refractivity contribution in [3.8, 4) is 0 Å². The van der Waals surface area contributed by atoms with Crippen LogP contribution in [0.5, 0.6) is 0 Å². The highest BCUT2D eigenvalue weighted by Gasteiger charge is 2.15. The highest BCUT2D eigenvalue weighted by molar-refractivity contribution is 5.67. The maximum absolute atomic E-state index is 11.6. The van der Waals surface area contributed by atoms with Crippen LogP contribution in [0.1, 0.15) is 32.0 Å². The van der Waals surface area contributed by atoms with Crippen LogP contribution in [0.25, 0.3) is 0 Å². The summed E-state index contributed by atoms with van der Waals surface area (Å²) in [4.78, 5) is 11.6. The van der Waals surface area contributed by atoms with E-state index >= 15 is 0 Å². The topological polar surface area (TPSA) is 79.0 Å². The Kier molecular flexibility index (Phi) is 5.04. The Morgan fingerprint density at radius 3 is 2.77 bits per heavy atom. The molecule has 118 valence electrons. The number of rotatable bonds is 5. The second kappa shape index (κ2) is 6.98. The molecule has 0 spiro atoms. The van der Waals surface area contributed by atoms with Crippen LogP contribution in [-0.2, 0) is 17.8 Å². The van der Waals surface area contributed by atoms with E-state index in [1.54, 1.807) is 6.20 Å². The molecule has 0 unspecified atom stereocenters. The smallest absolute Gasteiger partial charge is 0.407 e. The first-order valence-electron chi connectivity index (χ1n) is 7.20. The lowest BCUT2D eigenvalue weighted by Crippen LogP contribution is -2.32. The molecule has 2 aromatic rings. The third kappa shape index (κ3) is 5.47. The second-order valence-corrected chi connectivity index (χ2v) is 5.99. The van der Waals surface area contributed by atoms with Crippen molar-refractivity contribution in [1.29, 1.82) is 0 Å². The Labute approximate surface area is 130 Å². The summed E-state index contributed by atoms with van der Waals surface area (Å²) >= 11 is 0. The van der Waals surface area contributed by atoms with Gasteiger partial charge >= 0.3 is 6.09 Å². The first-order chi connectivity index (χ1) is 10.4. The molecule has 0 saturated carbocycles. The Hall–Kier alpha value is -2.50. The van der Waals surface area contributed by atoms with E-state index in [4.69, 9.17) is 4.74 Å². The number of amides is 1. The Balaban J connectivity index is 1.84. The van der Waals surface area contributed by atoms with Crippen LogP contribution in [0.2, 0.25) is 0 Å². The zero-order valence-electron chi connectivity index (χ0n) is 13.1. The fourth-order valence-electron chi connectivity index (χ4n) is 1.86. The van der Waals surface area contributed by atoms with E-state index in [1.807, 2.05) is 51.1 Å². The van der Waals surface area contributed by atoms with Crippen molar-refractivity contribution >= 4 is 11.8 Å². The van der Waals surface area contributed by atoms with Gasteiger partial charge < -0.3 is 15.4 Å². The minimum absolute atomic E-state index is 0.414. The lowest BCUT2D eigenvalue weighted by atomic mass is 10.2. The largest absolute Gasteiger partial charge is 0.444 e. The average Bonchev–Trinajstić information content (AvgIpc) is 2.95. The molecule has 0 bridgehead atoms. The highest BCUT2D eigenvalue weighted by atomic mass is 16.6. The van der Waals surface area contributed by atoms with Gasteiger partial charge in [-0.05, 0) is 44.5 Å². The molecular formula is C16H22N4O2. The van der Waals surface area contributed by atoms with E-state index in [0.717, 1.165) is 16.9 Å². The number of benzene rings is 1. The molecule has 3 N–H and O–H groups in total. The van der Waals surface area contributed by atoms with E-state index in [1.165, 1.54) is 0 Å². The molecular weight excluding hydrogens is 280 g/mol. The molecule has 6 heteroatoms. The van der Waals surface area contributed by atoms with Gasteiger partial charge in [0, 0.05) is 18.4 Å². The van der Waals surface area contributed by atoms with E-state index < -0.39 is 11.7 Å². The van der Waals surface area contributed by atoms with Gasteiger partial charge in [0.15, 0.2) is 0 Å². The quantitative estimate of drug-likeness (QED) is 0.793. The van der Waals surface area contributed by atoms with Gasteiger partial charge in [-0.15, -0.1) is 0 Å². The Bertz CT molecular complexity index is 603. The normalized spacial score (nSPS) is 11.0. The average molecular weight is 302 g/mol. The SMILES string of the molecule is CC(C)(C)OC(=O)NCc1cccc(NCc2ccn[nH]2)c1. The van der Waals surface area contributed by atoms with Crippen LogP contribution in [0.15, 0.2) is 36.5 Å². The molecule has 0 saturated heterocycles. The summed E-state index contributed by atoms with van der Waals surface area (Å²) in [5.41, 5.74) is 2.51. The minimum atomic E-state index is -0.489. The number of ether oxygens (including phenoxy) is 1. The summed E-state index contributed by atoms with van der Waals surface area (Å²) in [6, 6.07) is 9.79. The van der Waals surface area contributed by atoms with Crippen LogP contribution in [0.3, 0.4) is 0 Å². The molecule has 0 fully saturated rings. The molecule has 0 aliphatic rings. The number of alkyl carbamates (subject to hydrolysis) is 1. The third-order valence-corrected chi connectivity index (χ3v) is 2.80. The fourth-order valence-corrected chi connectivity index (χ4v) is 1.86. The van der Waals surface area contributed by atoms with Crippen LogP contribution in [0.4, 0.5) is 10.5 Å². The van der Waals surface area contributed by atoms with Gasteiger partial charge in [0.05, 0.1) is 12.2 Å². The van der Waals surface area contributed by atoms with Crippen molar-refractivity contribution in [3.63, 3.8) is 0 Å². The first kappa shape index (κ1) is 15.9. The van der Waals surface area contributed by atoms with Crippen molar-refractivity contribution in [2.45, 2.75) is 39.5 Å². The maximum Gasteiger partial charge on any atom is 0.407 e. The zero-order valence-corrected chi connectivity index (χ0v) is 13.1. The van der Waals surface area contributed by atoms with Gasteiger partial charge in [-0.3, -0.25) is 5.10 Å². The molecule has 1 aromatic carbocycles. The molecule has 1 heterocycles. The first-order valence-corrected chi connectivity index (χ1v) is 7.20. The van der Waals surface area contributed by atoms with Gasteiger partial charge in [-0.25, -0.2) is 4.79 Å². The van der Waals surface area contributed by atoms with Crippen molar-refractivity contribution in [2.24, 2.45) is 0 Å². The highest BCUT2D eigenvalue weighted by Crippen LogP contribution is 2.12. The number of nitrogens with one attached hydrogen (secondary N) is 3. The molecule has 0 aliphatic carbocycles. The van der Waals surface area contributed by atoms with E-state index in [9.17, 15) is 4.79 Å². The lowest BCUT2D eigenvalue weighted by molar-refractivity contribution is 0.0523. The second-order valence-electron chi connectivity index (χ2n) is 5.99. The van der Waals surface area contributed by atoms with Gasteiger partial charge in [0.2, 0.25) is 0 Å². The monoisotopic (exact) mass is 302 g/mol. The minimum Gasteiger partial charge on any atom is -0.444 e. The zero-order chi connectivity index (χ0) is 16.0. The van der Waals surface area contributed by atoms with Gasteiger partial charge in [0.25, 0.3) is 0 Å². The number of nitrogens with zero attached hydrogens (tertiary/aromatic N) is 1. The lowest BCUT2D eigenvalue weighted by Gasteiger charge is -2.19. The maximum atomic E-state index is 11.6. The number of carbonyl (C=O) groups is 1. The number of carbonyl (C=O) groups excluding carboxylic acids is 1.